The van der Waals surface area contributed by atoms with Gasteiger partial charge in [-0.1, -0.05) is 18.5 Å². The van der Waals surface area contributed by atoms with Crippen LogP contribution in [0.15, 0.2) is 4.42 Å². The molecule has 2 aromatic rings. The quantitative estimate of drug-likeness (QED) is 0.849. The van der Waals surface area contributed by atoms with E-state index in [4.69, 9.17) is 11.6 Å². The minimum Gasteiger partial charge on any atom is -0.411 e. The Labute approximate surface area is 105 Å². The molecule has 0 bridgehead atoms. The second-order valence-corrected chi connectivity index (χ2v) is 3.87. The van der Waals surface area contributed by atoms with E-state index >= 15 is 0 Å². The van der Waals surface area contributed by atoms with Gasteiger partial charge in [0.05, 0.1) is 10.7 Å². The van der Waals surface area contributed by atoms with Crippen molar-refractivity contribution < 1.29 is 17.6 Å². The Morgan fingerprint density at radius 1 is 1.33 bits per heavy atom. The second kappa shape index (κ2) is 4.27. The lowest BCUT2D eigenvalue weighted by atomic mass is 10.3. The van der Waals surface area contributed by atoms with Crippen LogP contribution in [0.2, 0.25) is 5.02 Å². The van der Waals surface area contributed by atoms with Gasteiger partial charge < -0.3 is 4.42 Å². The smallest absolute Gasteiger partial charge is 0.411 e. The van der Waals surface area contributed by atoms with Crippen molar-refractivity contribution in [2.75, 3.05) is 0 Å². The SMILES string of the molecule is CCc1nn(C)c(-c2nnc(C(F)(F)F)o2)c1Cl. The summed E-state index contributed by atoms with van der Waals surface area (Å²) in [4.78, 5) is 0. The van der Waals surface area contributed by atoms with Crippen LogP contribution in [0.4, 0.5) is 13.2 Å². The molecule has 0 amide bonds. The lowest BCUT2D eigenvalue weighted by molar-refractivity contribution is -0.156. The van der Waals surface area contributed by atoms with Crippen LogP contribution in [0.25, 0.3) is 11.6 Å². The molecule has 0 unspecified atom stereocenters. The van der Waals surface area contributed by atoms with Crippen LogP contribution in [-0.2, 0) is 19.6 Å². The number of hydrogen-bond acceptors (Lipinski definition) is 4. The van der Waals surface area contributed by atoms with Crippen LogP contribution in [0.5, 0.6) is 0 Å². The third-order valence-corrected chi connectivity index (χ3v) is 2.66. The van der Waals surface area contributed by atoms with Crippen LogP contribution >= 0.6 is 11.6 Å². The molecule has 2 aromatic heterocycles. The fraction of sp³-hybridized carbons (Fsp3) is 0.444. The van der Waals surface area contributed by atoms with Crippen molar-refractivity contribution in [2.45, 2.75) is 19.5 Å². The van der Waals surface area contributed by atoms with E-state index in [2.05, 4.69) is 19.7 Å². The molecule has 5 nitrogen and oxygen atoms in total. The lowest BCUT2D eigenvalue weighted by Gasteiger charge is -1.98. The molecular weight excluding hydrogens is 273 g/mol. The average molecular weight is 281 g/mol. The number of alkyl halides is 3. The summed E-state index contributed by atoms with van der Waals surface area (Å²) in [5.41, 5.74) is 0.734. The van der Waals surface area contributed by atoms with Gasteiger partial charge in [-0.15, -0.1) is 10.2 Å². The number of aromatic nitrogens is 4. The molecule has 0 aliphatic rings. The van der Waals surface area contributed by atoms with Crippen molar-refractivity contribution in [3.63, 3.8) is 0 Å². The average Bonchev–Trinajstić information content (AvgIpc) is 2.83. The van der Waals surface area contributed by atoms with Gasteiger partial charge in [-0.25, -0.2) is 0 Å². The summed E-state index contributed by atoms with van der Waals surface area (Å²) in [5, 5.41) is 10.6. The molecule has 0 radical (unpaired) electrons. The molecule has 0 N–H and O–H groups in total. The van der Waals surface area contributed by atoms with Crippen LogP contribution in [0, 0.1) is 0 Å². The maximum atomic E-state index is 12.3. The molecule has 2 rings (SSSR count). The minimum atomic E-state index is -4.68. The molecule has 2 heterocycles. The van der Waals surface area contributed by atoms with Gasteiger partial charge in [-0.05, 0) is 6.42 Å². The standard InChI is InChI=1S/C9H8ClF3N4O/c1-3-4-5(10)6(17(2)16-4)7-14-15-8(18-7)9(11,12)13/h3H2,1-2H3. The Bertz CT molecular complexity index is 575. The van der Waals surface area contributed by atoms with Crippen molar-refractivity contribution in [3.05, 3.63) is 16.6 Å². The Morgan fingerprint density at radius 3 is 2.44 bits per heavy atom. The molecule has 0 spiro atoms. The maximum Gasteiger partial charge on any atom is 0.470 e. The largest absolute Gasteiger partial charge is 0.470 e. The zero-order valence-corrected chi connectivity index (χ0v) is 10.2. The van der Waals surface area contributed by atoms with Gasteiger partial charge in [0, 0.05) is 7.05 Å². The van der Waals surface area contributed by atoms with Crippen LogP contribution in [-0.4, -0.2) is 20.0 Å². The first-order valence-electron chi connectivity index (χ1n) is 4.97. The summed E-state index contributed by atoms with van der Waals surface area (Å²) in [6.45, 7) is 1.83. The normalized spacial score (nSPS) is 12.1. The number of hydrogen-bond donors (Lipinski definition) is 0. The summed E-state index contributed by atoms with van der Waals surface area (Å²) in [6, 6.07) is 0. The van der Waals surface area contributed by atoms with E-state index in [0.29, 0.717) is 12.1 Å². The lowest BCUT2D eigenvalue weighted by Crippen LogP contribution is -2.04. The number of halogens is 4. The van der Waals surface area contributed by atoms with Crippen LogP contribution < -0.4 is 0 Å². The monoisotopic (exact) mass is 280 g/mol. The molecule has 98 valence electrons. The van der Waals surface area contributed by atoms with E-state index < -0.39 is 12.1 Å². The molecule has 0 atom stereocenters. The second-order valence-electron chi connectivity index (χ2n) is 3.50. The van der Waals surface area contributed by atoms with Gasteiger partial charge in [0.25, 0.3) is 5.89 Å². The zero-order chi connectivity index (χ0) is 13.5. The number of nitrogens with zero attached hydrogens (tertiary/aromatic N) is 4. The molecule has 9 heteroatoms. The van der Waals surface area contributed by atoms with Gasteiger partial charge in [0.2, 0.25) is 0 Å². The first-order valence-corrected chi connectivity index (χ1v) is 5.34. The summed E-state index contributed by atoms with van der Waals surface area (Å²) in [7, 11) is 1.54. The van der Waals surface area contributed by atoms with Gasteiger partial charge in [0.15, 0.2) is 0 Å². The summed E-state index contributed by atoms with van der Waals surface area (Å²) >= 11 is 6.00. The highest BCUT2D eigenvalue weighted by atomic mass is 35.5. The molecular formula is C9H8ClF3N4O. The summed E-state index contributed by atoms with van der Waals surface area (Å²) in [5.74, 6) is -1.71. The Morgan fingerprint density at radius 2 is 2.00 bits per heavy atom. The molecule has 0 aliphatic heterocycles. The van der Waals surface area contributed by atoms with E-state index in [1.165, 1.54) is 11.7 Å². The molecule has 0 aliphatic carbocycles. The Hall–Kier alpha value is -1.57. The fourth-order valence-corrected chi connectivity index (χ4v) is 1.82. The predicted octanol–water partition coefficient (Wildman–Crippen LogP) is 2.70. The van der Waals surface area contributed by atoms with E-state index in [9.17, 15) is 13.2 Å². The third-order valence-electron chi connectivity index (χ3n) is 2.26. The number of rotatable bonds is 2. The fourth-order valence-electron chi connectivity index (χ4n) is 1.45. The molecule has 0 fully saturated rings. The number of aryl methyl sites for hydroxylation is 2. The summed E-state index contributed by atoms with van der Waals surface area (Å²) < 4.78 is 42.9. The van der Waals surface area contributed by atoms with E-state index in [1.54, 1.807) is 0 Å². The molecule has 18 heavy (non-hydrogen) atoms. The first kappa shape index (κ1) is 12.9. The van der Waals surface area contributed by atoms with Crippen molar-refractivity contribution in [2.24, 2.45) is 7.05 Å². The van der Waals surface area contributed by atoms with Crippen molar-refractivity contribution in [1.82, 2.24) is 20.0 Å². The summed E-state index contributed by atoms with van der Waals surface area (Å²) in [6.07, 6.45) is -4.13. The van der Waals surface area contributed by atoms with Gasteiger partial charge in [-0.2, -0.15) is 18.3 Å². The maximum absolute atomic E-state index is 12.3. The Kier molecular flexibility index (Phi) is 3.05. The topological polar surface area (TPSA) is 56.7 Å². The van der Waals surface area contributed by atoms with Crippen molar-refractivity contribution in [3.8, 4) is 11.6 Å². The van der Waals surface area contributed by atoms with E-state index in [1.807, 2.05) is 6.92 Å². The zero-order valence-electron chi connectivity index (χ0n) is 9.42. The highest BCUT2D eigenvalue weighted by Crippen LogP contribution is 2.33. The van der Waals surface area contributed by atoms with Crippen molar-refractivity contribution in [1.29, 1.82) is 0 Å². The molecule has 0 aromatic carbocycles. The van der Waals surface area contributed by atoms with E-state index in [0.717, 1.165) is 0 Å². The van der Waals surface area contributed by atoms with Crippen LogP contribution in [0.1, 0.15) is 18.5 Å². The third kappa shape index (κ3) is 2.07. The van der Waals surface area contributed by atoms with Crippen LogP contribution in [0.3, 0.4) is 0 Å². The van der Waals surface area contributed by atoms with Crippen molar-refractivity contribution >= 4 is 11.6 Å². The molecule has 0 saturated carbocycles. The van der Waals surface area contributed by atoms with Gasteiger partial charge in [-0.3, -0.25) is 4.68 Å². The Balaban J connectivity index is 2.50. The highest BCUT2D eigenvalue weighted by Gasteiger charge is 2.38. The highest BCUT2D eigenvalue weighted by molar-refractivity contribution is 6.33. The minimum absolute atomic E-state index is 0.177. The van der Waals surface area contributed by atoms with E-state index in [-0.39, 0.29) is 16.6 Å². The molecule has 0 saturated heterocycles. The van der Waals surface area contributed by atoms with Gasteiger partial charge >= 0.3 is 12.1 Å². The van der Waals surface area contributed by atoms with Gasteiger partial charge in [0.1, 0.15) is 5.69 Å². The predicted molar refractivity (Wildman–Crippen MR) is 55.9 cm³/mol. The first-order chi connectivity index (χ1) is 8.34.